The van der Waals surface area contributed by atoms with Gasteiger partial charge in [0.05, 0.1) is 18.6 Å². The highest BCUT2D eigenvalue weighted by molar-refractivity contribution is 8.05. The van der Waals surface area contributed by atoms with E-state index in [9.17, 15) is 4.79 Å². The molecular formula is C26H32N2O3S. The maximum Gasteiger partial charge on any atom is 0.262 e. The average Bonchev–Trinajstić information content (AvgIpc) is 3.09. The van der Waals surface area contributed by atoms with Crippen LogP contribution in [-0.2, 0) is 4.79 Å². The molecule has 2 aromatic rings. The highest BCUT2D eigenvalue weighted by Crippen LogP contribution is 2.42. The molecule has 0 radical (unpaired) electrons. The van der Waals surface area contributed by atoms with Gasteiger partial charge >= 0.3 is 0 Å². The average molecular weight is 453 g/mol. The van der Waals surface area contributed by atoms with Crippen LogP contribution in [0, 0.1) is 5.92 Å². The fourth-order valence-corrected chi connectivity index (χ4v) is 5.78. The van der Waals surface area contributed by atoms with Crippen molar-refractivity contribution in [2.75, 3.05) is 19.0 Å². The van der Waals surface area contributed by atoms with Gasteiger partial charge in [-0.25, -0.2) is 0 Å². The molecule has 1 heterocycles. The van der Waals surface area contributed by atoms with E-state index < -0.39 is 0 Å². The number of nitrogens with zero attached hydrogens (tertiary/aromatic N) is 1. The van der Waals surface area contributed by atoms with Crippen LogP contribution in [0.1, 0.15) is 45.1 Å². The SMILES string of the molecule is CCOc1cc(/C=C2\SC(Nc3ccccc3)N([C@@H]3CCCC[C@H]3C)C2=O)ccc1OC. The molecule has 2 fully saturated rings. The summed E-state index contributed by atoms with van der Waals surface area (Å²) in [6.45, 7) is 4.78. The van der Waals surface area contributed by atoms with Crippen LogP contribution in [0.15, 0.2) is 53.4 Å². The van der Waals surface area contributed by atoms with Crippen molar-refractivity contribution in [1.82, 2.24) is 4.90 Å². The van der Waals surface area contributed by atoms with Gasteiger partial charge in [0, 0.05) is 11.7 Å². The number of anilines is 1. The van der Waals surface area contributed by atoms with Crippen molar-refractivity contribution < 1.29 is 14.3 Å². The lowest BCUT2D eigenvalue weighted by atomic mass is 9.85. The largest absolute Gasteiger partial charge is 0.493 e. The van der Waals surface area contributed by atoms with E-state index in [0.29, 0.717) is 24.0 Å². The Bertz CT molecular complexity index is 963. The lowest BCUT2D eigenvalue weighted by Crippen LogP contribution is -2.48. The molecule has 1 amide bonds. The fraction of sp³-hybridized carbons (Fsp3) is 0.423. The van der Waals surface area contributed by atoms with Crippen LogP contribution in [-0.4, -0.2) is 36.1 Å². The molecule has 1 saturated carbocycles. The third kappa shape index (κ3) is 4.90. The van der Waals surface area contributed by atoms with Gasteiger partial charge in [-0.15, -0.1) is 0 Å². The molecule has 0 aromatic heterocycles. The number of carbonyl (C=O) groups is 1. The van der Waals surface area contributed by atoms with E-state index in [4.69, 9.17) is 9.47 Å². The van der Waals surface area contributed by atoms with E-state index in [1.54, 1.807) is 18.9 Å². The zero-order valence-electron chi connectivity index (χ0n) is 19.0. The van der Waals surface area contributed by atoms with Crippen LogP contribution in [0.3, 0.4) is 0 Å². The highest BCUT2D eigenvalue weighted by Gasteiger charge is 2.42. The topological polar surface area (TPSA) is 50.8 Å². The van der Waals surface area contributed by atoms with Gasteiger partial charge in [0.1, 0.15) is 0 Å². The maximum absolute atomic E-state index is 13.6. The van der Waals surface area contributed by atoms with Gasteiger partial charge in [-0.2, -0.15) is 0 Å². The number of carbonyl (C=O) groups excluding carboxylic acids is 1. The number of hydrogen-bond acceptors (Lipinski definition) is 5. The van der Waals surface area contributed by atoms with Crippen molar-refractivity contribution >= 4 is 29.4 Å². The Morgan fingerprint density at radius 2 is 1.91 bits per heavy atom. The second-order valence-electron chi connectivity index (χ2n) is 8.37. The minimum atomic E-state index is -0.119. The van der Waals surface area contributed by atoms with Crippen molar-refractivity contribution in [1.29, 1.82) is 0 Å². The summed E-state index contributed by atoms with van der Waals surface area (Å²) in [5.74, 6) is 1.99. The number of benzene rings is 2. The van der Waals surface area contributed by atoms with E-state index in [1.807, 2.05) is 61.5 Å². The number of nitrogens with one attached hydrogen (secondary N) is 1. The number of thioether (sulfide) groups is 1. The van der Waals surface area contributed by atoms with E-state index in [0.717, 1.165) is 22.6 Å². The van der Waals surface area contributed by atoms with Crippen LogP contribution in [0.2, 0.25) is 0 Å². The molecule has 0 spiro atoms. The Kier molecular flexibility index (Phi) is 7.30. The molecule has 5 nitrogen and oxygen atoms in total. The van der Waals surface area contributed by atoms with Crippen LogP contribution >= 0.6 is 11.8 Å². The molecule has 0 bridgehead atoms. The molecule has 3 atom stereocenters. The minimum absolute atomic E-state index is 0.107. The molecule has 1 N–H and O–H groups in total. The maximum atomic E-state index is 13.6. The molecule has 32 heavy (non-hydrogen) atoms. The first kappa shape index (κ1) is 22.6. The monoisotopic (exact) mass is 452 g/mol. The zero-order chi connectivity index (χ0) is 22.5. The standard InChI is InChI=1S/C26H32N2O3S/c1-4-31-23-16-19(14-15-22(23)30-3)17-24-25(29)28(21-13-9-8-10-18(21)2)26(32-24)27-20-11-6-5-7-12-20/h5-7,11-12,14-18,21,26-27H,4,8-10,13H2,1-3H3/b24-17-/t18-,21-,26?/m1/s1. The first-order chi connectivity index (χ1) is 15.6. The molecule has 1 saturated heterocycles. The summed E-state index contributed by atoms with van der Waals surface area (Å²) in [5, 5.41) is 3.59. The molecule has 1 aliphatic carbocycles. The molecule has 1 unspecified atom stereocenters. The first-order valence-electron chi connectivity index (χ1n) is 11.4. The van der Waals surface area contributed by atoms with Gasteiger partial charge in [0.2, 0.25) is 0 Å². The van der Waals surface area contributed by atoms with Gasteiger partial charge in [-0.1, -0.05) is 55.8 Å². The number of rotatable bonds is 7. The van der Waals surface area contributed by atoms with E-state index in [1.165, 1.54) is 19.3 Å². The quantitative estimate of drug-likeness (QED) is 0.523. The number of hydrogen-bond donors (Lipinski definition) is 1. The van der Waals surface area contributed by atoms with Crippen LogP contribution in [0.5, 0.6) is 11.5 Å². The van der Waals surface area contributed by atoms with Crippen molar-refractivity contribution in [2.24, 2.45) is 5.92 Å². The molecule has 4 rings (SSSR count). The number of amides is 1. The third-order valence-electron chi connectivity index (χ3n) is 6.21. The lowest BCUT2D eigenvalue weighted by molar-refractivity contribution is -0.129. The normalized spacial score (nSPS) is 24.6. The Morgan fingerprint density at radius 1 is 1.12 bits per heavy atom. The second kappa shape index (κ2) is 10.3. The van der Waals surface area contributed by atoms with Gasteiger partial charge < -0.3 is 19.7 Å². The Hall–Kier alpha value is -2.60. The minimum Gasteiger partial charge on any atom is -0.493 e. The molecule has 6 heteroatoms. The van der Waals surface area contributed by atoms with Crippen LogP contribution < -0.4 is 14.8 Å². The molecule has 2 aliphatic rings. The first-order valence-corrected chi connectivity index (χ1v) is 12.3. The highest BCUT2D eigenvalue weighted by atomic mass is 32.2. The summed E-state index contributed by atoms with van der Waals surface area (Å²) in [4.78, 5) is 16.5. The van der Waals surface area contributed by atoms with Gasteiger partial charge in [-0.3, -0.25) is 4.79 Å². The van der Waals surface area contributed by atoms with Crippen molar-refractivity contribution in [3.8, 4) is 11.5 Å². The van der Waals surface area contributed by atoms with E-state index in [-0.39, 0.29) is 17.4 Å². The second-order valence-corrected chi connectivity index (χ2v) is 9.50. The predicted octanol–water partition coefficient (Wildman–Crippen LogP) is 5.98. The van der Waals surface area contributed by atoms with E-state index in [2.05, 4.69) is 17.1 Å². The zero-order valence-corrected chi connectivity index (χ0v) is 19.9. The number of para-hydroxylation sites is 1. The Balaban J connectivity index is 1.64. The van der Waals surface area contributed by atoms with Crippen molar-refractivity contribution in [3.05, 3.63) is 59.0 Å². The van der Waals surface area contributed by atoms with Crippen molar-refractivity contribution in [2.45, 2.75) is 51.1 Å². The van der Waals surface area contributed by atoms with Gasteiger partial charge in [-0.05, 0) is 61.6 Å². The summed E-state index contributed by atoms with van der Waals surface area (Å²) in [6.07, 6.45) is 6.63. The van der Waals surface area contributed by atoms with Gasteiger partial charge in [0.25, 0.3) is 5.91 Å². The van der Waals surface area contributed by atoms with Crippen LogP contribution in [0.25, 0.3) is 6.08 Å². The third-order valence-corrected chi connectivity index (χ3v) is 7.32. The lowest BCUT2D eigenvalue weighted by Gasteiger charge is -2.39. The van der Waals surface area contributed by atoms with E-state index >= 15 is 0 Å². The molecule has 170 valence electrons. The summed E-state index contributed by atoms with van der Waals surface area (Å²) >= 11 is 1.60. The Labute approximate surface area is 195 Å². The molecular weight excluding hydrogens is 420 g/mol. The Morgan fingerprint density at radius 3 is 2.62 bits per heavy atom. The molecule has 2 aromatic carbocycles. The summed E-state index contributed by atoms with van der Waals surface area (Å²) in [7, 11) is 1.63. The summed E-state index contributed by atoms with van der Waals surface area (Å²) < 4.78 is 11.1. The van der Waals surface area contributed by atoms with Crippen molar-refractivity contribution in [3.63, 3.8) is 0 Å². The predicted molar refractivity (Wildman–Crippen MR) is 132 cm³/mol. The van der Waals surface area contributed by atoms with Crippen LogP contribution in [0.4, 0.5) is 5.69 Å². The van der Waals surface area contributed by atoms with Gasteiger partial charge in [0.15, 0.2) is 17.0 Å². The fourth-order valence-electron chi connectivity index (χ4n) is 4.57. The smallest absolute Gasteiger partial charge is 0.262 e. The number of methoxy groups -OCH3 is 1. The summed E-state index contributed by atoms with van der Waals surface area (Å²) in [6, 6.07) is 16.2. The molecule has 1 aliphatic heterocycles. The summed E-state index contributed by atoms with van der Waals surface area (Å²) in [5.41, 5.74) is 1.84. The number of ether oxygens (including phenoxy) is 2.